The normalized spacial score (nSPS) is 11.8. The van der Waals surface area contributed by atoms with Gasteiger partial charge in [-0.2, -0.15) is 5.10 Å². The van der Waals surface area contributed by atoms with Crippen molar-refractivity contribution in [1.82, 2.24) is 9.97 Å². The standard InChI is InChI=1S/C13H12ClN5O/c1-20-12-8-16-7-11(18-12)13(15)19-17-6-9-3-2-4-10(14)5-9/h2-8H,1H3,(H2,15,19)/b17-6+. The minimum absolute atomic E-state index is 0.148. The Morgan fingerprint density at radius 1 is 1.40 bits per heavy atom. The highest BCUT2D eigenvalue weighted by atomic mass is 35.5. The number of nitrogens with zero attached hydrogens (tertiary/aromatic N) is 4. The molecule has 2 aromatic rings. The molecule has 0 aliphatic carbocycles. The van der Waals surface area contributed by atoms with Crippen molar-refractivity contribution in [1.29, 1.82) is 0 Å². The van der Waals surface area contributed by atoms with E-state index in [-0.39, 0.29) is 5.84 Å². The van der Waals surface area contributed by atoms with Gasteiger partial charge >= 0.3 is 0 Å². The van der Waals surface area contributed by atoms with Crippen LogP contribution in [0.5, 0.6) is 5.88 Å². The van der Waals surface area contributed by atoms with Gasteiger partial charge in [0.1, 0.15) is 5.69 Å². The number of nitrogens with two attached hydrogens (primary N) is 1. The first-order valence-electron chi connectivity index (χ1n) is 5.67. The minimum Gasteiger partial charge on any atom is -0.480 e. The molecule has 0 aliphatic rings. The fraction of sp³-hybridized carbons (Fsp3) is 0.0769. The Labute approximate surface area is 121 Å². The summed E-state index contributed by atoms with van der Waals surface area (Å²) in [5.41, 5.74) is 6.99. The van der Waals surface area contributed by atoms with Gasteiger partial charge in [0.25, 0.3) is 0 Å². The molecule has 0 radical (unpaired) electrons. The molecule has 0 fully saturated rings. The van der Waals surface area contributed by atoms with Gasteiger partial charge in [-0.25, -0.2) is 4.98 Å². The lowest BCUT2D eigenvalue weighted by Gasteiger charge is -2.00. The van der Waals surface area contributed by atoms with Gasteiger partial charge in [0.15, 0.2) is 5.84 Å². The third kappa shape index (κ3) is 3.76. The van der Waals surface area contributed by atoms with Gasteiger partial charge in [-0.3, -0.25) is 4.98 Å². The SMILES string of the molecule is COc1cncc(/C(N)=N/N=C/c2cccc(Cl)c2)n1. The van der Waals surface area contributed by atoms with Crippen molar-refractivity contribution in [3.05, 3.63) is 52.9 Å². The minimum atomic E-state index is 0.148. The number of amidine groups is 1. The zero-order valence-corrected chi connectivity index (χ0v) is 11.4. The fourth-order valence-electron chi connectivity index (χ4n) is 1.37. The van der Waals surface area contributed by atoms with E-state index in [0.29, 0.717) is 16.6 Å². The third-order valence-corrected chi connectivity index (χ3v) is 2.54. The predicted octanol–water partition coefficient (Wildman–Crippen LogP) is 1.88. The lowest BCUT2D eigenvalue weighted by molar-refractivity contribution is 0.395. The molecule has 7 heteroatoms. The van der Waals surface area contributed by atoms with Crippen LogP contribution in [-0.4, -0.2) is 29.1 Å². The molecule has 2 rings (SSSR count). The molecule has 1 aromatic carbocycles. The van der Waals surface area contributed by atoms with Crippen LogP contribution in [0.1, 0.15) is 11.3 Å². The number of hydrogen-bond acceptors (Lipinski definition) is 5. The lowest BCUT2D eigenvalue weighted by Crippen LogP contribution is -2.15. The van der Waals surface area contributed by atoms with Crippen LogP contribution in [0.25, 0.3) is 0 Å². The highest BCUT2D eigenvalue weighted by Gasteiger charge is 2.02. The van der Waals surface area contributed by atoms with E-state index in [1.54, 1.807) is 18.3 Å². The van der Waals surface area contributed by atoms with Gasteiger partial charge in [0.05, 0.1) is 25.7 Å². The first kappa shape index (κ1) is 14.0. The summed E-state index contributed by atoms with van der Waals surface area (Å²) >= 11 is 5.86. The molecule has 0 saturated carbocycles. The first-order valence-corrected chi connectivity index (χ1v) is 6.05. The number of methoxy groups -OCH3 is 1. The first-order chi connectivity index (χ1) is 9.69. The monoisotopic (exact) mass is 289 g/mol. The van der Waals surface area contributed by atoms with Crippen molar-refractivity contribution < 1.29 is 4.74 Å². The van der Waals surface area contributed by atoms with Crippen LogP contribution in [0.4, 0.5) is 0 Å². The molecular weight excluding hydrogens is 278 g/mol. The zero-order chi connectivity index (χ0) is 14.4. The molecule has 6 nitrogen and oxygen atoms in total. The number of hydrogen-bond donors (Lipinski definition) is 1. The summed E-state index contributed by atoms with van der Waals surface area (Å²) in [4.78, 5) is 8.03. The summed E-state index contributed by atoms with van der Waals surface area (Å²) < 4.78 is 4.95. The van der Waals surface area contributed by atoms with Crippen molar-refractivity contribution >= 4 is 23.7 Å². The highest BCUT2D eigenvalue weighted by Crippen LogP contribution is 2.09. The molecular formula is C13H12ClN5O. The second-order valence-electron chi connectivity index (χ2n) is 3.73. The van der Waals surface area contributed by atoms with E-state index in [4.69, 9.17) is 22.1 Å². The quantitative estimate of drug-likeness (QED) is 0.529. The van der Waals surface area contributed by atoms with Crippen LogP contribution in [0, 0.1) is 0 Å². The van der Waals surface area contributed by atoms with E-state index in [2.05, 4.69) is 20.2 Å². The van der Waals surface area contributed by atoms with Gasteiger partial charge in [-0.05, 0) is 17.7 Å². The summed E-state index contributed by atoms with van der Waals surface area (Å²) in [6.07, 6.45) is 4.51. The Bertz CT molecular complexity index is 657. The van der Waals surface area contributed by atoms with E-state index >= 15 is 0 Å². The number of benzene rings is 1. The summed E-state index contributed by atoms with van der Waals surface area (Å²) in [6.45, 7) is 0. The average Bonchev–Trinajstić information content (AvgIpc) is 2.47. The van der Waals surface area contributed by atoms with Gasteiger partial charge in [0.2, 0.25) is 5.88 Å². The molecule has 1 heterocycles. The molecule has 1 aromatic heterocycles. The zero-order valence-electron chi connectivity index (χ0n) is 10.7. The molecule has 0 bridgehead atoms. The van der Waals surface area contributed by atoms with Crippen LogP contribution < -0.4 is 10.5 Å². The number of rotatable bonds is 4. The van der Waals surface area contributed by atoms with Crippen molar-refractivity contribution in [2.75, 3.05) is 7.11 Å². The molecule has 20 heavy (non-hydrogen) atoms. The molecule has 2 N–H and O–H groups in total. The molecule has 0 spiro atoms. The van der Waals surface area contributed by atoms with E-state index in [1.165, 1.54) is 19.5 Å². The van der Waals surface area contributed by atoms with Crippen molar-refractivity contribution in [2.45, 2.75) is 0 Å². The Balaban J connectivity index is 2.14. The second kappa shape index (κ2) is 6.63. The molecule has 0 atom stereocenters. The largest absolute Gasteiger partial charge is 0.480 e. The summed E-state index contributed by atoms with van der Waals surface area (Å²) in [5, 5.41) is 8.37. The summed E-state index contributed by atoms with van der Waals surface area (Å²) in [6, 6.07) is 7.22. The summed E-state index contributed by atoms with van der Waals surface area (Å²) in [5.74, 6) is 0.508. The Kier molecular flexibility index (Phi) is 4.62. The molecule has 0 saturated heterocycles. The van der Waals surface area contributed by atoms with E-state index in [9.17, 15) is 0 Å². The molecule has 0 aliphatic heterocycles. The number of ether oxygens (including phenoxy) is 1. The summed E-state index contributed by atoms with van der Waals surface area (Å²) in [7, 11) is 1.50. The Hall–Kier alpha value is -2.47. The van der Waals surface area contributed by atoms with Gasteiger partial charge in [-0.15, -0.1) is 5.10 Å². The van der Waals surface area contributed by atoms with Crippen LogP contribution in [0.15, 0.2) is 46.9 Å². The Morgan fingerprint density at radius 3 is 3.00 bits per heavy atom. The van der Waals surface area contributed by atoms with E-state index in [0.717, 1.165) is 5.56 Å². The van der Waals surface area contributed by atoms with Crippen LogP contribution in [0.3, 0.4) is 0 Å². The second-order valence-corrected chi connectivity index (χ2v) is 4.17. The molecule has 0 amide bonds. The molecule has 102 valence electrons. The van der Waals surface area contributed by atoms with Crippen molar-refractivity contribution in [2.24, 2.45) is 15.9 Å². The molecule has 0 unspecified atom stereocenters. The van der Waals surface area contributed by atoms with Gasteiger partial charge in [-0.1, -0.05) is 23.7 Å². The van der Waals surface area contributed by atoms with Crippen molar-refractivity contribution in [3.63, 3.8) is 0 Å². The number of aromatic nitrogens is 2. The van der Waals surface area contributed by atoms with Gasteiger partial charge in [0, 0.05) is 5.02 Å². The smallest absolute Gasteiger partial charge is 0.232 e. The highest BCUT2D eigenvalue weighted by molar-refractivity contribution is 6.30. The van der Waals surface area contributed by atoms with E-state index in [1.807, 2.05) is 12.1 Å². The fourth-order valence-corrected chi connectivity index (χ4v) is 1.56. The van der Waals surface area contributed by atoms with E-state index < -0.39 is 0 Å². The number of halogens is 1. The van der Waals surface area contributed by atoms with Crippen LogP contribution in [-0.2, 0) is 0 Å². The van der Waals surface area contributed by atoms with Gasteiger partial charge < -0.3 is 10.5 Å². The average molecular weight is 290 g/mol. The third-order valence-electron chi connectivity index (χ3n) is 2.30. The lowest BCUT2D eigenvalue weighted by atomic mass is 10.2. The predicted molar refractivity (Wildman–Crippen MR) is 78.4 cm³/mol. The topological polar surface area (TPSA) is 85.8 Å². The van der Waals surface area contributed by atoms with Crippen LogP contribution >= 0.6 is 11.6 Å². The maximum absolute atomic E-state index is 5.86. The van der Waals surface area contributed by atoms with Crippen LogP contribution in [0.2, 0.25) is 5.02 Å². The maximum atomic E-state index is 5.86. The Morgan fingerprint density at radius 2 is 2.25 bits per heavy atom. The van der Waals surface area contributed by atoms with Crippen molar-refractivity contribution in [3.8, 4) is 5.88 Å². The maximum Gasteiger partial charge on any atom is 0.232 e.